The van der Waals surface area contributed by atoms with Crippen LogP contribution < -0.4 is 0 Å². The number of carbonyl (C=O) groups excluding carboxylic acids is 1. The molecule has 0 amide bonds. The molecule has 1 aromatic carbocycles. The van der Waals surface area contributed by atoms with Gasteiger partial charge >= 0.3 is 5.97 Å². The maximum absolute atomic E-state index is 11.0. The Morgan fingerprint density at radius 1 is 1.47 bits per heavy atom. The van der Waals surface area contributed by atoms with E-state index in [0.29, 0.717) is 0 Å². The van der Waals surface area contributed by atoms with Crippen molar-refractivity contribution in [2.24, 2.45) is 0 Å². The van der Waals surface area contributed by atoms with E-state index >= 15 is 0 Å². The summed E-state index contributed by atoms with van der Waals surface area (Å²) in [6, 6.07) is 8.29. The number of ether oxygens (including phenoxy) is 1. The third kappa shape index (κ3) is 2.34. The van der Waals surface area contributed by atoms with Gasteiger partial charge in [0.2, 0.25) is 0 Å². The van der Waals surface area contributed by atoms with Gasteiger partial charge in [0.15, 0.2) is 0 Å². The number of hydrogen-bond acceptors (Lipinski definition) is 3. The van der Waals surface area contributed by atoms with Crippen LogP contribution in [0.5, 0.6) is 0 Å². The summed E-state index contributed by atoms with van der Waals surface area (Å²) in [5, 5.41) is 0. The summed E-state index contributed by atoms with van der Waals surface area (Å²) >= 11 is 1.76. The van der Waals surface area contributed by atoms with E-state index in [4.69, 9.17) is 4.74 Å². The molecule has 1 aromatic rings. The molecule has 1 unspecified atom stereocenters. The van der Waals surface area contributed by atoms with E-state index in [9.17, 15) is 4.79 Å². The van der Waals surface area contributed by atoms with Crippen molar-refractivity contribution in [2.75, 3.05) is 5.75 Å². The zero-order valence-corrected chi connectivity index (χ0v) is 9.76. The van der Waals surface area contributed by atoms with E-state index in [-0.39, 0.29) is 11.6 Å². The molecule has 0 spiro atoms. The largest absolute Gasteiger partial charge is 0.458 e. The van der Waals surface area contributed by atoms with Gasteiger partial charge in [-0.2, -0.15) is 0 Å². The van der Waals surface area contributed by atoms with Crippen molar-refractivity contribution in [2.45, 2.75) is 30.8 Å². The third-order valence-corrected chi connectivity index (χ3v) is 3.92. The fraction of sp³-hybridized carbons (Fsp3) is 0.417. The van der Waals surface area contributed by atoms with Gasteiger partial charge in [0.05, 0.1) is 0 Å². The molecule has 0 N–H and O–H groups in total. The van der Waals surface area contributed by atoms with E-state index in [1.807, 2.05) is 19.1 Å². The molecular formula is C12H14O2S. The summed E-state index contributed by atoms with van der Waals surface area (Å²) in [6.45, 7) is 3.47. The van der Waals surface area contributed by atoms with Crippen molar-refractivity contribution in [3.8, 4) is 0 Å². The molecule has 0 aromatic heterocycles. The Bertz CT molecular complexity index is 389. The van der Waals surface area contributed by atoms with Crippen LogP contribution in [0.25, 0.3) is 0 Å². The van der Waals surface area contributed by atoms with E-state index in [2.05, 4.69) is 12.1 Å². The van der Waals surface area contributed by atoms with Crippen LogP contribution in [-0.4, -0.2) is 17.3 Å². The van der Waals surface area contributed by atoms with Crippen LogP contribution in [0, 0.1) is 0 Å². The molecule has 0 saturated carbocycles. The molecule has 0 saturated heterocycles. The predicted octanol–water partition coefficient (Wildman–Crippen LogP) is 2.66. The molecule has 1 heterocycles. The van der Waals surface area contributed by atoms with E-state index < -0.39 is 0 Å². The number of benzene rings is 1. The number of hydrogen-bond donors (Lipinski definition) is 0. The molecule has 1 aliphatic rings. The summed E-state index contributed by atoms with van der Waals surface area (Å²) in [4.78, 5) is 12.3. The maximum Gasteiger partial charge on any atom is 0.303 e. The van der Waals surface area contributed by atoms with Crippen molar-refractivity contribution >= 4 is 17.7 Å². The molecule has 3 heteroatoms. The Morgan fingerprint density at radius 2 is 2.20 bits per heavy atom. The average molecular weight is 222 g/mol. The molecule has 15 heavy (non-hydrogen) atoms. The van der Waals surface area contributed by atoms with Gasteiger partial charge in [0.25, 0.3) is 0 Å². The minimum absolute atomic E-state index is 0.197. The monoisotopic (exact) mass is 222 g/mol. The second kappa shape index (κ2) is 3.89. The Balaban J connectivity index is 2.21. The van der Waals surface area contributed by atoms with E-state index in [0.717, 1.165) is 12.2 Å². The van der Waals surface area contributed by atoms with Gasteiger partial charge < -0.3 is 4.74 Å². The quantitative estimate of drug-likeness (QED) is 0.683. The van der Waals surface area contributed by atoms with Gasteiger partial charge in [0, 0.05) is 24.0 Å². The summed E-state index contributed by atoms with van der Waals surface area (Å²) < 4.78 is 5.38. The molecule has 0 fully saturated rings. The molecule has 1 atom stereocenters. The van der Waals surface area contributed by atoms with Crippen molar-refractivity contribution in [3.63, 3.8) is 0 Å². The summed E-state index contributed by atoms with van der Waals surface area (Å²) in [5.41, 5.74) is 0.933. The fourth-order valence-electron chi connectivity index (χ4n) is 1.89. The van der Waals surface area contributed by atoms with Crippen LogP contribution in [0.2, 0.25) is 0 Å². The summed E-state index contributed by atoms with van der Waals surface area (Å²) in [7, 11) is 0. The first-order valence-electron chi connectivity index (χ1n) is 4.99. The van der Waals surface area contributed by atoms with E-state index in [1.165, 1.54) is 17.4 Å². The molecular weight excluding hydrogens is 208 g/mol. The van der Waals surface area contributed by atoms with Crippen molar-refractivity contribution in [1.29, 1.82) is 0 Å². The molecule has 2 rings (SSSR count). The highest BCUT2D eigenvalue weighted by Crippen LogP contribution is 2.36. The molecule has 0 aliphatic carbocycles. The van der Waals surface area contributed by atoms with Crippen LogP contribution in [0.4, 0.5) is 0 Å². The molecule has 0 bridgehead atoms. The summed E-state index contributed by atoms with van der Waals surface area (Å²) in [5.74, 6) is 0.640. The second-order valence-corrected chi connectivity index (χ2v) is 5.13. The lowest BCUT2D eigenvalue weighted by atomic mass is 9.97. The molecule has 1 aliphatic heterocycles. The van der Waals surface area contributed by atoms with Gasteiger partial charge in [-0.1, -0.05) is 18.2 Å². The van der Waals surface area contributed by atoms with Gasteiger partial charge in [-0.25, -0.2) is 0 Å². The predicted molar refractivity (Wildman–Crippen MR) is 61.0 cm³/mol. The smallest absolute Gasteiger partial charge is 0.303 e. The molecule has 80 valence electrons. The van der Waals surface area contributed by atoms with Gasteiger partial charge in [-0.15, -0.1) is 11.8 Å². The maximum atomic E-state index is 11.0. The van der Waals surface area contributed by atoms with Crippen LogP contribution in [0.1, 0.15) is 19.4 Å². The number of carbonyl (C=O) groups is 1. The van der Waals surface area contributed by atoms with Crippen molar-refractivity contribution in [3.05, 3.63) is 29.8 Å². The molecule has 0 radical (unpaired) electrons. The Kier molecular flexibility index (Phi) is 2.74. The fourth-order valence-corrected chi connectivity index (χ4v) is 3.01. The SMILES string of the molecule is CC(=O)OC1(C)CSc2ccccc2C1. The first-order chi connectivity index (χ1) is 7.09. The highest BCUT2D eigenvalue weighted by atomic mass is 32.2. The van der Waals surface area contributed by atoms with Gasteiger partial charge in [-0.05, 0) is 18.6 Å². The average Bonchev–Trinajstić information content (AvgIpc) is 2.15. The topological polar surface area (TPSA) is 26.3 Å². The highest BCUT2D eigenvalue weighted by Gasteiger charge is 2.32. The van der Waals surface area contributed by atoms with Crippen LogP contribution in [0.15, 0.2) is 29.2 Å². The zero-order valence-electron chi connectivity index (χ0n) is 8.95. The summed E-state index contributed by atoms with van der Waals surface area (Å²) in [6.07, 6.45) is 0.815. The number of fused-ring (bicyclic) bond motifs is 1. The number of esters is 1. The lowest BCUT2D eigenvalue weighted by Gasteiger charge is -2.33. The minimum atomic E-state index is -0.342. The third-order valence-electron chi connectivity index (χ3n) is 2.46. The Labute approximate surface area is 94.0 Å². The standard InChI is InChI=1S/C12H14O2S/c1-9(13)14-12(2)7-10-5-3-4-6-11(10)15-8-12/h3-6H,7-8H2,1-2H3. The van der Waals surface area contributed by atoms with E-state index in [1.54, 1.807) is 11.8 Å². The Morgan fingerprint density at radius 3 is 2.93 bits per heavy atom. The van der Waals surface area contributed by atoms with Crippen LogP contribution in [0.3, 0.4) is 0 Å². The zero-order chi connectivity index (χ0) is 10.9. The lowest BCUT2D eigenvalue weighted by Crippen LogP contribution is -2.38. The van der Waals surface area contributed by atoms with Crippen molar-refractivity contribution < 1.29 is 9.53 Å². The van der Waals surface area contributed by atoms with Gasteiger partial charge in [-0.3, -0.25) is 4.79 Å². The number of rotatable bonds is 1. The van der Waals surface area contributed by atoms with Crippen LogP contribution in [-0.2, 0) is 16.0 Å². The molecule has 2 nitrogen and oxygen atoms in total. The first kappa shape index (κ1) is 10.6. The van der Waals surface area contributed by atoms with Crippen molar-refractivity contribution in [1.82, 2.24) is 0 Å². The second-order valence-electron chi connectivity index (χ2n) is 4.12. The normalized spacial score (nSPS) is 24.4. The van der Waals surface area contributed by atoms with Crippen LogP contribution >= 0.6 is 11.8 Å². The number of thioether (sulfide) groups is 1. The minimum Gasteiger partial charge on any atom is -0.458 e. The van der Waals surface area contributed by atoms with Gasteiger partial charge in [0.1, 0.15) is 5.60 Å². The first-order valence-corrected chi connectivity index (χ1v) is 5.98. The lowest BCUT2D eigenvalue weighted by molar-refractivity contribution is -0.153. The highest BCUT2D eigenvalue weighted by molar-refractivity contribution is 7.99. The Hall–Kier alpha value is -0.960.